The molecule has 0 aliphatic heterocycles. The number of hydrogen-bond donors (Lipinski definition) is 1. The monoisotopic (exact) mass is 286 g/mol. The molecule has 4 nitrogen and oxygen atoms in total. The maximum absolute atomic E-state index is 9.33. The predicted molar refractivity (Wildman–Crippen MR) is 82.8 cm³/mol. The Labute approximate surface area is 123 Å². The number of nitrogens with zero attached hydrogens (tertiary/aromatic N) is 3. The van der Waals surface area contributed by atoms with Gasteiger partial charge in [-0.05, 0) is 24.2 Å². The van der Waals surface area contributed by atoms with Crippen LogP contribution in [-0.2, 0) is 13.1 Å². The Morgan fingerprint density at radius 2 is 2.30 bits per heavy atom. The van der Waals surface area contributed by atoms with Crippen LogP contribution in [0.1, 0.15) is 23.7 Å². The number of benzene rings is 1. The minimum atomic E-state index is 0.707. The molecule has 0 fully saturated rings. The fourth-order valence-electron chi connectivity index (χ4n) is 2.03. The summed E-state index contributed by atoms with van der Waals surface area (Å²) in [6.45, 7) is 4.50. The number of thiazole rings is 1. The molecule has 0 aliphatic carbocycles. The SMILES string of the molecule is CCNCc1ccc(N(C)Cc2cscn2)c(C#N)c1. The van der Waals surface area contributed by atoms with Crippen molar-refractivity contribution in [1.82, 2.24) is 10.3 Å². The number of nitriles is 1. The summed E-state index contributed by atoms with van der Waals surface area (Å²) in [7, 11) is 1.99. The molecule has 2 aromatic rings. The van der Waals surface area contributed by atoms with Crippen LogP contribution in [0.2, 0.25) is 0 Å². The zero-order valence-electron chi connectivity index (χ0n) is 11.8. The highest BCUT2D eigenvalue weighted by Crippen LogP contribution is 2.22. The van der Waals surface area contributed by atoms with Gasteiger partial charge in [-0.2, -0.15) is 5.26 Å². The molecule has 0 spiro atoms. The number of rotatable bonds is 6. The van der Waals surface area contributed by atoms with Crippen LogP contribution in [0, 0.1) is 11.3 Å². The molecular weight excluding hydrogens is 268 g/mol. The van der Waals surface area contributed by atoms with Crippen molar-refractivity contribution in [3.63, 3.8) is 0 Å². The van der Waals surface area contributed by atoms with Crippen LogP contribution in [0.5, 0.6) is 0 Å². The quantitative estimate of drug-likeness (QED) is 0.887. The van der Waals surface area contributed by atoms with E-state index >= 15 is 0 Å². The maximum Gasteiger partial charge on any atom is 0.101 e. The van der Waals surface area contributed by atoms with E-state index in [9.17, 15) is 5.26 Å². The van der Waals surface area contributed by atoms with E-state index in [1.54, 1.807) is 11.3 Å². The van der Waals surface area contributed by atoms with Crippen molar-refractivity contribution in [3.8, 4) is 6.07 Å². The van der Waals surface area contributed by atoms with Crippen molar-refractivity contribution < 1.29 is 0 Å². The predicted octanol–water partition coefficient (Wildman–Crippen LogP) is 2.76. The minimum absolute atomic E-state index is 0.707. The summed E-state index contributed by atoms with van der Waals surface area (Å²) in [5.74, 6) is 0. The standard InChI is InChI=1S/C15H18N4S/c1-3-17-8-12-4-5-15(13(6-12)7-16)19(2)9-14-10-20-11-18-14/h4-6,10-11,17H,3,8-9H2,1-2H3. The molecule has 1 aromatic carbocycles. The first-order valence-corrected chi connectivity index (χ1v) is 7.50. The molecule has 0 bridgehead atoms. The van der Waals surface area contributed by atoms with E-state index in [4.69, 9.17) is 0 Å². The lowest BCUT2D eigenvalue weighted by Crippen LogP contribution is -2.18. The van der Waals surface area contributed by atoms with E-state index in [1.165, 1.54) is 0 Å². The van der Waals surface area contributed by atoms with E-state index in [2.05, 4.69) is 34.3 Å². The number of hydrogen-bond acceptors (Lipinski definition) is 5. The van der Waals surface area contributed by atoms with Gasteiger partial charge in [0.15, 0.2) is 0 Å². The largest absolute Gasteiger partial charge is 0.368 e. The smallest absolute Gasteiger partial charge is 0.101 e. The normalized spacial score (nSPS) is 10.2. The van der Waals surface area contributed by atoms with Crippen molar-refractivity contribution in [2.24, 2.45) is 0 Å². The highest BCUT2D eigenvalue weighted by atomic mass is 32.1. The molecule has 0 radical (unpaired) electrons. The first-order valence-electron chi connectivity index (χ1n) is 6.56. The minimum Gasteiger partial charge on any atom is -0.368 e. The van der Waals surface area contributed by atoms with Crippen LogP contribution in [0.15, 0.2) is 29.1 Å². The van der Waals surface area contributed by atoms with E-state index in [1.807, 2.05) is 30.1 Å². The topological polar surface area (TPSA) is 52.0 Å². The summed E-state index contributed by atoms with van der Waals surface area (Å²) < 4.78 is 0. The second-order valence-electron chi connectivity index (χ2n) is 4.58. The van der Waals surface area contributed by atoms with E-state index < -0.39 is 0 Å². The van der Waals surface area contributed by atoms with Gasteiger partial charge >= 0.3 is 0 Å². The summed E-state index contributed by atoms with van der Waals surface area (Å²) in [5, 5.41) is 14.6. The Morgan fingerprint density at radius 1 is 1.45 bits per heavy atom. The van der Waals surface area contributed by atoms with Crippen LogP contribution < -0.4 is 10.2 Å². The van der Waals surface area contributed by atoms with Crippen LogP contribution in [-0.4, -0.2) is 18.6 Å². The first-order chi connectivity index (χ1) is 9.74. The zero-order chi connectivity index (χ0) is 14.4. The summed E-state index contributed by atoms with van der Waals surface area (Å²) in [5.41, 5.74) is 5.64. The second-order valence-corrected chi connectivity index (χ2v) is 5.30. The van der Waals surface area contributed by atoms with Gasteiger partial charge in [0.05, 0.1) is 29.0 Å². The van der Waals surface area contributed by atoms with Crippen LogP contribution in [0.25, 0.3) is 0 Å². The van der Waals surface area contributed by atoms with Gasteiger partial charge in [0.2, 0.25) is 0 Å². The molecule has 0 unspecified atom stereocenters. The molecule has 20 heavy (non-hydrogen) atoms. The zero-order valence-corrected chi connectivity index (χ0v) is 12.6. The fraction of sp³-hybridized carbons (Fsp3) is 0.333. The molecule has 104 valence electrons. The third-order valence-corrected chi connectivity index (χ3v) is 3.69. The van der Waals surface area contributed by atoms with E-state index in [0.29, 0.717) is 12.1 Å². The molecule has 5 heteroatoms. The number of anilines is 1. The molecular formula is C15H18N4S. The second kappa shape index (κ2) is 7.04. The van der Waals surface area contributed by atoms with Gasteiger partial charge < -0.3 is 10.2 Å². The van der Waals surface area contributed by atoms with Gasteiger partial charge in [-0.1, -0.05) is 13.0 Å². The van der Waals surface area contributed by atoms with E-state index in [-0.39, 0.29) is 0 Å². The van der Waals surface area contributed by atoms with Gasteiger partial charge in [0, 0.05) is 19.0 Å². The van der Waals surface area contributed by atoms with Gasteiger partial charge in [0.25, 0.3) is 0 Å². The highest BCUT2D eigenvalue weighted by molar-refractivity contribution is 7.07. The average molecular weight is 286 g/mol. The van der Waals surface area contributed by atoms with Crippen LogP contribution >= 0.6 is 11.3 Å². The summed E-state index contributed by atoms with van der Waals surface area (Å²) in [6.07, 6.45) is 0. The van der Waals surface area contributed by atoms with Crippen molar-refractivity contribution >= 4 is 17.0 Å². The Balaban J connectivity index is 2.16. The van der Waals surface area contributed by atoms with Crippen molar-refractivity contribution in [3.05, 3.63) is 45.9 Å². The summed E-state index contributed by atoms with van der Waals surface area (Å²) >= 11 is 1.59. The molecule has 0 amide bonds. The Bertz CT molecular complexity index is 586. The van der Waals surface area contributed by atoms with Gasteiger partial charge in [-0.25, -0.2) is 4.98 Å². The summed E-state index contributed by atoms with van der Waals surface area (Å²) in [4.78, 5) is 6.34. The molecule has 1 N–H and O–H groups in total. The summed E-state index contributed by atoms with van der Waals surface area (Å²) in [6, 6.07) is 8.32. The van der Waals surface area contributed by atoms with E-state index in [0.717, 1.165) is 30.0 Å². The fourth-order valence-corrected chi connectivity index (χ4v) is 2.58. The van der Waals surface area contributed by atoms with Crippen LogP contribution in [0.3, 0.4) is 0 Å². The molecule has 0 saturated heterocycles. The Hall–Kier alpha value is -1.90. The Morgan fingerprint density at radius 3 is 2.95 bits per heavy atom. The first kappa shape index (κ1) is 14.5. The van der Waals surface area contributed by atoms with Crippen molar-refractivity contribution in [2.75, 3.05) is 18.5 Å². The molecule has 0 atom stereocenters. The number of nitrogens with one attached hydrogen (secondary N) is 1. The van der Waals surface area contributed by atoms with Gasteiger partial charge in [-0.15, -0.1) is 11.3 Å². The maximum atomic E-state index is 9.33. The lowest BCUT2D eigenvalue weighted by Gasteiger charge is -2.20. The van der Waals surface area contributed by atoms with Crippen molar-refractivity contribution in [2.45, 2.75) is 20.0 Å². The molecule has 0 aliphatic rings. The van der Waals surface area contributed by atoms with Gasteiger partial charge in [-0.3, -0.25) is 0 Å². The third kappa shape index (κ3) is 3.56. The molecule has 1 heterocycles. The van der Waals surface area contributed by atoms with Gasteiger partial charge in [0.1, 0.15) is 6.07 Å². The van der Waals surface area contributed by atoms with Crippen LogP contribution in [0.4, 0.5) is 5.69 Å². The lowest BCUT2D eigenvalue weighted by molar-refractivity contribution is 0.726. The Kier molecular flexibility index (Phi) is 5.10. The molecule has 0 saturated carbocycles. The average Bonchev–Trinajstić information content (AvgIpc) is 2.97. The molecule has 1 aromatic heterocycles. The lowest BCUT2D eigenvalue weighted by atomic mass is 10.1. The molecule has 2 rings (SSSR count). The third-order valence-electron chi connectivity index (χ3n) is 3.05. The highest BCUT2D eigenvalue weighted by Gasteiger charge is 2.09. The van der Waals surface area contributed by atoms with Crippen molar-refractivity contribution in [1.29, 1.82) is 5.26 Å². The number of aromatic nitrogens is 1.